The number of carbonyl (C=O) groups excluding carboxylic acids is 1. The van der Waals surface area contributed by atoms with Crippen molar-refractivity contribution in [3.8, 4) is 5.75 Å². The molecule has 5 nitrogen and oxygen atoms in total. The molecule has 0 atom stereocenters. The average molecular weight is 586 g/mol. The minimum atomic E-state index is -4.27. The van der Waals surface area contributed by atoms with Crippen molar-refractivity contribution in [2.45, 2.75) is 11.8 Å². The Morgan fingerprint density at radius 1 is 0.735 bits per heavy atom. The van der Waals surface area contributed by atoms with Gasteiger partial charge in [-0.3, -0.25) is 4.79 Å². The van der Waals surface area contributed by atoms with Gasteiger partial charge in [-0.15, -0.1) is 0 Å². The molecule has 0 aromatic heterocycles. The summed E-state index contributed by atoms with van der Waals surface area (Å²) in [6.07, 6.45) is 0. The van der Waals surface area contributed by atoms with Gasteiger partial charge < -0.3 is 9.29 Å². The van der Waals surface area contributed by atoms with Crippen LogP contribution in [-0.2, 0) is 10.1 Å². The molecule has 0 amide bonds. The quantitative estimate of drug-likeness (QED) is 0.196. The lowest BCUT2D eigenvalue weighted by atomic mass is 10.0. The van der Waals surface area contributed by atoms with Crippen LogP contribution in [0.15, 0.2) is 108 Å². The summed E-state index contributed by atoms with van der Waals surface area (Å²) < 4.78 is 39.0. The molecule has 4 aromatic rings. The maximum atomic E-state index is 12.4. The van der Waals surface area contributed by atoms with E-state index in [4.69, 9.17) is 4.74 Å². The molecule has 0 N–H and O–H groups in total. The average Bonchev–Trinajstić information content (AvgIpc) is 2.85. The third-order valence-electron chi connectivity index (χ3n) is 4.72. The van der Waals surface area contributed by atoms with Crippen molar-refractivity contribution in [2.24, 2.45) is 0 Å². The predicted octanol–water partition coefficient (Wildman–Crippen LogP) is 1.95. The van der Waals surface area contributed by atoms with Gasteiger partial charge in [0, 0.05) is 11.1 Å². The second-order valence-electron chi connectivity index (χ2n) is 7.22. The van der Waals surface area contributed by atoms with E-state index in [0.29, 0.717) is 0 Å². The monoisotopic (exact) mass is 586 g/mol. The van der Waals surface area contributed by atoms with E-state index in [-0.39, 0.29) is 31.9 Å². The van der Waals surface area contributed by atoms with E-state index < -0.39 is 10.1 Å². The van der Waals surface area contributed by atoms with Gasteiger partial charge in [0.15, 0.2) is 12.9 Å². The van der Waals surface area contributed by atoms with Crippen LogP contribution < -0.4 is 25.9 Å². The van der Waals surface area contributed by atoms with E-state index in [9.17, 15) is 17.8 Å². The third kappa shape index (κ3) is 7.51. The summed E-state index contributed by atoms with van der Waals surface area (Å²) in [5.74, 6) is 0.946. The van der Waals surface area contributed by atoms with Crippen molar-refractivity contribution in [2.75, 3.05) is 7.11 Å². The molecule has 0 unspecified atom stereocenters. The van der Waals surface area contributed by atoms with E-state index >= 15 is 0 Å². The van der Waals surface area contributed by atoms with Gasteiger partial charge in [-0.25, -0.2) is 8.42 Å². The highest BCUT2D eigenvalue weighted by molar-refractivity contribution is 7.85. The van der Waals surface area contributed by atoms with Crippen molar-refractivity contribution in [3.63, 3.8) is 0 Å². The molecule has 34 heavy (non-hydrogen) atoms. The number of aryl methyl sites for hydroxylation is 1. The van der Waals surface area contributed by atoms with Crippen LogP contribution in [-0.4, -0.2) is 25.9 Å². The molecule has 0 fully saturated rings. The summed E-state index contributed by atoms with van der Waals surface area (Å²) in [6.45, 7) is 1.82. The highest BCUT2D eigenvalue weighted by Gasteiger charge is 2.16. The molecule has 0 saturated carbocycles. The van der Waals surface area contributed by atoms with Crippen molar-refractivity contribution < 1.29 is 43.7 Å². The summed E-state index contributed by atoms with van der Waals surface area (Å²) in [6, 6.07) is 31.3. The predicted molar refractivity (Wildman–Crippen MR) is 126 cm³/mol. The first-order valence-electron chi connectivity index (χ1n) is 10.3. The first-order chi connectivity index (χ1) is 16.3. The van der Waals surface area contributed by atoms with Crippen LogP contribution in [0.2, 0.25) is 0 Å². The fourth-order valence-corrected chi connectivity index (χ4v) is 5.51. The Bertz CT molecular complexity index is 1320. The number of carbonyl (C=O) groups is 1. The third-order valence-corrected chi connectivity index (χ3v) is 8.25. The number of benzene rings is 4. The maximum absolute atomic E-state index is 12.4. The normalized spacial score (nSPS) is 10.7. The number of hydrogen-bond acceptors (Lipinski definition) is 5. The fourth-order valence-electron chi connectivity index (χ4n) is 2.89. The van der Waals surface area contributed by atoms with E-state index in [2.05, 4.69) is 24.3 Å². The second-order valence-corrected chi connectivity index (χ2v) is 11.6. The molecule has 0 aliphatic rings. The summed E-state index contributed by atoms with van der Waals surface area (Å²) >= 11 is -0.244. The van der Waals surface area contributed by atoms with Crippen LogP contribution in [0.25, 0.3) is 0 Å². The molecule has 7 heteroatoms. The molecule has 0 aliphatic heterocycles. The number of ketones is 1. The van der Waals surface area contributed by atoms with E-state index in [1.54, 1.807) is 19.2 Å². The minimum Gasteiger partial charge on any atom is -0.744 e. The Morgan fingerprint density at radius 2 is 1.24 bits per heavy atom. The summed E-state index contributed by atoms with van der Waals surface area (Å²) in [4.78, 5) is 12.2. The van der Waals surface area contributed by atoms with Crippen LogP contribution in [0.1, 0.15) is 21.5 Å². The summed E-state index contributed by atoms with van der Waals surface area (Å²) in [5.41, 5.74) is 2.39. The minimum absolute atomic E-state index is 0.0693. The van der Waals surface area contributed by atoms with Gasteiger partial charge in [0.2, 0.25) is 0 Å². The lowest BCUT2D eigenvalue weighted by Crippen LogP contribution is -3.61. The topological polar surface area (TPSA) is 83.5 Å². The number of methoxy groups -OCH3 is 1. The van der Waals surface area contributed by atoms with Gasteiger partial charge in [-0.2, -0.15) is 0 Å². The van der Waals surface area contributed by atoms with Gasteiger partial charge >= 0.3 is 21.2 Å². The standard InChI is InChI=1S/C20H16IO2.C7H8O3S/c1-23-19-13-11-18(12-14-19)21-17-9-7-16(8-10-17)20(22)15-5-3-2-4-6-15;1-6-2-4-7(5-3-6)11(8,9)10/h2-14H,1H3;2-5H,1H3,(H,8,9,10)/q+1;/p-1. The lowest BCUT2D eigenvalue weighted by Gasteiger charge is -2.05. The smallest absolute Gasteiger partial charge is 0.357 e. The molecule has 0 saturated heterocycles. The van der Waals surface area contributed by atoms with Crippen molar-refractivity contribution >= 4 is 15.9 Å². The van der Waals surface area contributed by atoms with Gasteiger partial charge in [0.25, 0.3) is 0 Å². The summed E-state index contributed by atoms with van der Waals surface area (Å²) in [7, 11) is -2.60. The van der Waals surface area contributed by atoms with E-state index in [1.807, 2.05) is 61.5 Å². The van der Waals surface area contributed by atoms with Crippen molar-refractivity contribution in [1.29, 1.82) is 0 Å². The lowest BCUT2D eigenvalue weighted by molar-refractivity contribution is -0.597. The van der Waals surface area contributed by atoms with Crippen molar-refractivity contribution in [3.05, 3.63) is 127 Å². The molecule has 0 heterocycles. The molecule has 0 radical (unpaired) electrons. The van der Waals surface area contributed by atoms with Gasteiger partial charge in [-0.1, -0.05) is 48.0 Å². The highest BCUT2D eigenvalue weighted by atomic mass is 127. The largest absolute Gasteiger partial charge is 0.744 e. The molecule has 4 rings (SSSR count). The van der Waals surface area contributed by atoms with Crippen molar-refractivity contribution in [1.82, 2.24) is 0 Å². The van der Waals surface area contributed by atoms with Gasteiger partial charge in [0.05, 0.1) is 12.0 Å². The Balaban J connectivity index is 0.000000248. The molecule has 0 aliphatic carbocycles. The fraction of sp³-hybridized carbons (Fsp3) is 0.0741. The van der Waals surface area contributed by atoms with Gasteiger partial charge in [0.1, 0.15) is 15.9 Å². The number of hydrogen-bond donors (Lipinski definition) is 0. The Kier molecular flexibility index (Phi) is 8.98. The van der Waals surface area contributed by atoms with Crippen LogP contribution in [0.3, 0.4) is 0 Å². The Hall–Kier alpha value is -3.01. The zero-order chi connectivity index (χ0) is 24.6. The number of rotatable bonds is 6. The van der Waals surface area contributed by atoms with Crippen LogP contribution >= 0.6 is 0 Å². The zero-order valence-corrected chi connectivity index (χ0v) is 21.6. The number of ether oxygens (including phenoxy) is 1. The maximum Gasteiger partial charge on any atom is 0.357 e. The molecular formula is C27H23IO5S. The second kappa shape index (κ2) is 11.9. The molecule has 0 spiro atoms. The SMILES string of the molecule is COc1ccc([I+]c2ccc(C(=O)c3ccccc3)cc2)cc1.Cc1ccc(S(=O)(=O)[O-])cc1. The molecular weight excluding hydrogens is 563 g/mol. The number of halogens is 1. The first-order valence-corrected chi connectivity index (χ1v) is 13.8. The molecule has 0 bridgehead atoms. The Morgan fingerprint density at radius 3 is 1.74 bits per heavy atom. The molecule has 4 aromatic carbocycles. The van der Waals surface area contributed by atoms with Crippen LogP contribution in [0, 0.1) is 14.1 Å². The van der Waals surface area contributed by atoms with Gasteiger partial charge in [-0.05, 0) is 67.6 Å². The molecule has 174 valence electrons. The van der Waals surface area contributed by atoms with E-state index in [1.165, 1.54) is 19.3 Å². The zero-order valence-electron chi connectivity index (χ0n) is 18.6. The first kappa shape index (κ1) is 25.6. The van der Waals surface area contributed by atoms with Crippen LogP contribution in [0.5, 0.6) is 5.75 Å². The summed E-state index contributed by atoms with van der Waals surface area (Å²) in [5, 5.41) is 0. The Labute approximate surface area is 210 Å². The highest BCUT2D eigenvalue weighted by Crippen LogP contribution is 2.10. The van der Waals surface area contributed by atoms with E-state index in [0.717, 1.165) is 22.4 Å². The van der Waals surface area contributed by atoms with Crippen LogP contribution in [0.4, 0.5) is 0 Å².